The number of hydrogen-bond acceptors (Lipinski definition) is 4. The molecule has 0 saturated carbocycles. The highest BCUT2D eigenvalue weighted by molar-refractivity contribution is 6.09. The van der Waals surface area contributed by atoms with Crippen molar-refractivity contribution in [1.29, 1.82) is 0 Å². The van der Waals surface area contributed by atoms with Gasteiger partial charge in [0.25, 0.3) is 0 Å². The molecule has 1 atom stereocenters. The number of nitrogens with zero attached hydrogens (tertiary/aromatic N) is 2. The maximum Gasteiger partial charge on any atom is 0.430 e. The van der Waals surface area contributed by atoms with Crippen LogP contribution in [0.3, 0.4) is 0 Å². The van der Waals surface area contributed by atoms with E-state index in [1.54, 1.807) is 48.5 Å². The Bertz CT molecular complexity index is 947. The lowest BCUT2D eigenvalue weighted by Crippen LogP contribution is -2.68. The summed E-state index contributed by atoms with van der Waals surface area (Å²) in [5.41, 5.74) is -4.72. The molecule has 1 aromatic rings. The Balaban J connectivity index is 2.77. The van der Waals surface area contributed by atoms with Crippen molar-refractivity contribution in [3.8, 4) is 0 Å². The van der Waals surface area contributed by atoms with Crippen LogP contribution in [0.25, 0.3) is 0 Å². The smallest absolute Gasteiger partial charge is 0.430 e. The van der Waals surface area contributed by atoms with Gasteiger partial charge in [-0.1, -0.05) is 19.4 Å². The lowest BCUT2D eigenvalue weighted by Gasteiger charge is -2.49. The molecule has 2 rings (SSSR count). The van der Waals surface area contributed by atoms with E-state index in [4.69, 9.17) is 4.74 Å². The number of fused-ring (bicyclic) bond motifs is 1. The third-order valence-corrected chi connectivity index (χ3v) is 5.23. The van der Waals surface area contributed by atoms with Gasteiger partial charge in [0.1, 0.15) is 11.1 Å². The lowest BCUT2D eigenvalue weighted by molar-refractivity contribution is -0.137. The number of Topliss-reactive ketones (excluding diaryl/α,β-unsaturated/α-hetero) is 1. The molecule has 2 amide bonds. The number of carboxylic acid groups (broad SMARTS) is 1. The zero-order valence-corrected chi connectivity index (χ0v) is 20.0. The molecule has 0 fully saturated rings. The Morgan fingerprint density at radius 3 is 2.12 bits per heavy atom. The van der Waals surface area contributed by atoms with E-state index in [1.807, 2.05) is 0 Å². The SMILES string of the molecule is CCCC1(N(C(=O)OC(C)(C)C)N(C(=O)O)C(C)(C)C)Cc2cc(C(F)(F)F)ccc2C1=O. The largest absolute Gasteiger partial charge is 0.464 e. The van der Waals surface area contributed by atoms with Gasteiger partial charge >= 0.3 is 18.4 Å². The second-order valence-electron chi connectivity index (χ2n) is 10.2. The number of halogens is 3. The van der Waals surface area contributed by atoms with Crippen molar-refractivity contribution in [3.63, 3.8) is 0 Å². The standard InChI is InChI=1S/C23H31F3N2O5/c1-8-11-22(13-14-12-15(23(24,25)26)9-10-16(14)17(22)29)28(19(32)33-21(5,6)7)27(18(30)31)20(2,3)4/h9-10,12H,8,11,13H2,1-7H3,(H,30,31). The molecule has 0 bridgehead atoms. The van der Waals surface area contributed by atoms with Crippen molar-refractivity contribution in [2.45, 2.75) is 90.6 Å². The van der Waals surface area contributed by atoms with E-state index in [9.17, 15) is 32.7 Å². The maximum absolute atomic E-state index is 13.7. The third kappa shape index (κ3) is 5.25. The van der Waals surface area contributed by atoms with Crippen LogP contribution in [0, 0.1) is 0 Å². The molecular formula is C23H31F3N2O5. The summed E-state index contributed by atoms with van der Waals surface area (Å²) in [6.07, 6.45) is -7.05. The van der Waals surface area contributed by atoms with Gasteiger partial charge < -0.3 is 9.84 Å². The first-order chi connectivity index (χ1) is 14.8. The number of benzene rings is 1. The Morgan fingerprint density at radius 2 is 1.70 bits per heavy atom. The van der Waals surface area contributed by atoms with Crippen molar-refractivity contribution in [3.05, 3.63) is 34.9 Å². The van der Waals surface area contributed by atoms with E-state index < -0.39 is 46.4 Å². The van der Waals surface area contributed by atoms with Gasteiger partial charge in [0.15, 0.2) is 5.78 Å². The van der Waals surface area contributed by atoms with Crippen molar-refractivity contribution < 1.29 is 37.4 Å². The minimum absolute atomic E-state index is 0.0287. The average Bonchev–Trinajstić information content (AvgIpc) is 2.88. The first-order valence-electron chi connectivity index (χ1n) is 10.7. The molecule has 1 N–H and O–H groups in total. The van der Waals surface area contributed by atoms with Crippen molar-refractivity contribution >= 4 is 18.0 Å². The molecule has 7 nitrogen and oxygen atoms in total. The number of ketones is 1. The first kappa shape index (κ1) is 26.5. The zero-order chi connectivity index (χ0) is 25.6. The molecule has 1 aliphatic rings. The van der Waals surface area contributed by atoms with E-state index >= 15 is 0 Å². The highest BCUT2D eigenvalue weighted by Gasteiger charge is 2.57. The molecule has 1 unspecified atom stereocenters. The monoisotopic (exact) mass is 472 g/mol. The Hall–Kier alpha value is -2.78. The number of hydrazine groups is 1. The van der Waals surface area contributed by atoms with E-state index in [-0.39, 0.29) is 24.0 Å². The van der Waals surface area contributed by atoms with E-state index in [0.717, 1.165) is 28.2 Å². The molecule has 33 heavy (non-hydrogen) atoms. The Labute approximate surface area is 191 Å². The molecule has 0 aromatic heterocycles. The predicted octanol–water partition coefficient (Wildman–Crippen LogP) is 5.91. The highest BCUT2D eigenvalue weighted by Crippen LogP contribution is 2.43. The number of hydrogen-bond donors (Lipinski definition) is 1. The first-order valence-corrected chi connectivity index (χ1v) is 10.7. The second-order valence-corrected chi connectivity index (χ2v) is 10.2. The molecule has 0 heterocycles. The number of amides is 2. The van der Waals surface area contributed by atoms with Crippen LogP contribution in [-0.4, -0.2) is 49.8 Å². The molecule has 10 heteroatoms. The van der Waals surface area contributed by atoms with E-state index in [0.29, 0.717) is 6.42 Å². The lowest BCUT2D eigenvalue weighted by atomic mass is 9.87. The van der Waals surface area contributed by atoms with Crippen LogP contribution in [0.5, 0.6) is 0 Å². The number of rotatable bonds is 3. The fraction of sp³-hybridized carbons (Fsp3) is 0.609. The summed E-state index contributed by atoms with van der Waals surface area (Å²) < 4.78 is 45.4. The molecule has 1 aromatic carbocycles. The van der Waals surface area contributed by atoms with Crippen molar-refractivity contribution in [2.75, 3.05) is 0 Å². The molecule has 184 valence electrons. The van der Waals surface area contributed by atoms with Crippen LogP contribution in [0.1, 0.15) is 82.8 Å². The zero-order valence-electron chi connectivity index (χ0n) is 20.0. The summed E-state index contributed by atoms with van der Waals surface area (Å²) in [6.45, 7) is 11.2. The van der Waals surface area contributed by atoms with Gasteiger partial charge in [0.05, 0.1) is 11.1 Å². The third-order valence-electron chi connectivity index (χ3n) is 5.23. The molecule has 0 spiro atoms. The molecule has 1 aliphatic carbocycles. The quantitative estimate of drug-likeness (QED) is 0.553. The fourth-order valence-corrected chi connectivity index (χ4v) is 4.10. The minimum atomic E-state index is -4.61. The number of carbonyl (C=O) groups is 3. The van der Waals surface area contributed by atoms with Crippen LogP contribution in [0.2, 0.25) is 0 Å². The highest BCUT2D eigenvalue weighted by atomic mass is 19.4. The van der Waals surface area contributed by atoms with E-state index in [2.05, 4.69) is 0 Å². The number of ether oxygens (including phenoxy) is 1. The van der Waals surface area contributed by atoms with Crippen LogP contribution in [-0.2, 0) is 17.3 Å². The Kier molecular flexibility index (Phi) is 6.85. The summed E-state index contributed by atoms with van der Waals surface area (Å²) in [6, 6.07) is 2.79. The summed E-state index contributed by atoms with van der Waals surface area (Å²) in [5.74, 6) is -0.616. The van der Waals surface area contributed by atoms with Gasteiger partial charge in [0, 0.05) is 12.0 Å². The molecule has 0 aliphatic heterocycles. The van der Waals surface area contributed by atoms with Crippen LogP contribution in [0.15, 0.2) is 18.2 Å². The topological polar surface area (TPSA) is 87.2 Å². The summed E-state index contributed by atoms with van der Waals surface area (Å²) in [5, 5.41) is 11.6. The second kappa shape index (κ2) is 8.53. The summed E-state index contributed by atoms with van der Waals surface area (Å²) in [7, 11) is 0. The van der Waals surface area contributed by atoms with Gasteiger partial charge in [-0.2, -0.15) is 18.2 Å². The number of alkyl halides is 3. The maximum atomic E-state index is 13.7. The van der Waals surface area contributed by atoms with Crippen LogP contribution >= 0.6 is 0 Å². The Morgan fingerprint density at radius 1 is 1.12 bits per heavy atom. The summed E-state index contributed by atoms with van der Waals surface area (Å²) in [4.78, 5) is 39.4. The van der Waals surface area contributed by atoms with Crippen molar-refractivity contribution in [1.82, 2.24) is 10.0 Å². The fourth-order valence-electron chi connectivity index (χ4n) is 4.10. The van der Waals surface area contributed by atoms with Crippen LogP contribution in [0.4, 0.5) is 22.8 Å². The van der Waals surface area contributed by atoms with Crippen molar-refractivity contribution in [2.24, 2.45) is 0 Å². The molecule has 0 saturated heterocycles. The normalized spacial score (nSPS) is 18.7. The van der Waals surface area contributed by atoms with Gasteiger partial charge in [-0.05, 0) is 65.7 Å². The van der Waals surface area contributed by atoms with Gasteiger partial charge in [-0.15, -0.1) is 0 Å². The average molecular weight is 473 g/mol. The molecular weight excluding hydrogens is 441 g/mol. The summed E-state index contributed by atoms with van der Waals surface area (Å²) >= 11 is 0. The molecule has 0 radical (unpaired) electrons. The number of carbonyl (C=O) groups excluding carboxylic acids is 2. The van der Waals surface area contributed by atoms with Gasteiger partial charge in [0.2, 0.25) is 0 Å². The van der Waals surface area contributed by atoms with Crippen LogP contribution < -0.4 is 0 Å². The van der Waals surface area contributed by atoms with Gasteiger partial charge in [-0.3, -0.25) is 4.79 Å². The van der Waals surface area contributed by atoms with Gasteiger partial charge in [-0.25, -0.2) is 14.6 Å². The minimum Gasteiger partial charge on any atom is -0.464 e. The van der Waals surface area contributed by atoms with E-state index in [1.165, 1.54) is 0 Å². The predicted molar refractivity (Wildman–Crippen MR) is 115 cm³/mol.